The first-order valence-corrected chi connectivity index (χ1v) is 7.77. The summed E-state index contributed by atoms with van der Waals surface area (Å²) in [6.07, 6.45) is 1.48. The zero-order chi connectivity index (χ0) is 18.2. The number of nitro benzene ring substituents is 1. The number of carbonyl (C=O) groups is 1. The van der Waals surface area contributed by atoms with Crippen molar-refractivity contribution >= 4 is 17.8 Å². The highest BCUT2D eigenvalue weighted by atomic mass is 16.6. The lowest BCUT2D eigenvalue weighted by atomic mass is 10.2. The summed E-state index contributed by atoms with van der Waals surface area (Å²) in [5, 5.41) is 14.7. The van der Waals surface area contributed by atoms with Crippen molar-refractivity contribution in [1.29, 1.82) is 0 Å². The third kappa shape index (κ3) is 5.42. The summed E-state index contributed by atoms with van der Waals surface area (Å²) in [6.45, 7) is 4.68. The van der Waals surface area contributed by atoms with Crippen LogP contribution >= 0.6 is 0 Å². The second kappa shape index (κ2) is 8.58. The topological polar surface area (TPSA) is 93.8 Å². The number of amides is 1. The minimum Gasteiger partial charge on any atom is -0.493 e. The van der Waals surface area contributed by atoms with Crippen LogP contribution in [0.2, 0.25) is 0 Å². The maximum Gasteiger partial charge on any atom is 0.271 e. The van der Waals surface area contributed by atoms with Gasteiger partial charge in [0, 0.05) is 23.3 Å². The number of nitrogens with zero attached hydrogens (tertiary/aromatic N) is 2. The number of hydrazone groups is 1. The predicted molar refractivity (Wildman–Crippen MR) is 94.9 cm³/mol. The van der Waals surface area contributed by atoms with Gasteiger partial charge in [0.15, 0.2) is 0 Å². The largest absolute Gasteiger partial charge is 0.493 e. The average Bonchev–Trinajstić information content (AvgIpc) is 2.60. The highest BCUT2D eigenvalue weighted by Crippen LogP contribution is 2.17. The maximum atomic E-state index is 12.0. The fourth-order valence-electron chi connectivity index (χ4n) is 1.96. The van der Waals surface area contributed by atoms with Gasteiger partial charge >= 0.3 is 0 Å². The summed E-state index contributed by atoms with van der Waals surface area (Å²) in [5.41, 5.74) is 3.10. The summed E-state index contributed by atoms with van der Waals surface area (Å²) in [7, 11) is 0. The average molecular weight is 341 g/mol. The zero-order valence-corrected chi connectivity index (χ0v) is 14.0. The Labute approximate surface area is 145 Å². The van der Waals surface area contributed by atoms with Gasteiger partial charge in [0.05, 0.1) is 17.7 Å². The normalized spacial score (nSPS) is 10.8. The monoisotopic (exact) mass is 341 g/mol. The highest BCUT2D eigenvalue weighted by molar-refractivity contribution is 5.95. The first-order chi connectivity index (χ1) is 12.0. The summed E-state index contributed by atoms with van der Waals surface area (Å²) >= 11 is 0. The molecule has 0 saturated heterocycles. The Balaban J connectivity index is 2.04. The van der Waals surface area contributed by atoms with Crippen LogP contribution in [0.1, 0.15) is 29.8 Å². The van der Waals surface area contributed by atoms with E-state index in [2.05, 4.69) is 24.4 Å². The van der Waals surface area contributed by atoms with E-state index in [1.54, 1.807) is 0 Å². The van der Waals surface area contributed by atoms with Crippen LogP contribution < -0.4 is 10.2 Å². The summed E-state index contributed by atoms with van der Waals surface area (Å²) < 4.78 is 5.70. The standard InChI is InChI=1S/C18H19N3O4/c1-13(2)12-25-17-9-4-3-6-15(17)11-19-20-18(22)14-7-5-8-16(10-14)21(23)24/h3-11,13H,12H2,1-2H3,(H,20,22)/b19-11+. The fraction of sp³-hybridized carbons (Fsp3) is 0.222. The minimum absolute atomic E-state index is 0.149. The second-order valence-electron chi connectivity index (χ2n) is 5.75. The quantitative estimate of drug-likeness (QED) is 0.474. The second-order valence-corrected chi connectivity index (χ2v) is 5.75. The first kappa shape index (κ1) is 18.1. The van der Waals surface area contributed by atoms with E-state index in [0.717, 1.165) is 5.56 Å². The Morgan fingerprint density at radius 2 is 2.04 bits per heavy atom. The van der Waals surface area contributed by atoms with Gasteiger partial charge in [-0.25, -0.2) is 5.43 Å². The molecule has 1 amide bonds. The van der Waals surface area contributed by atoms with Crippen LogP contribution in [0.4, 0.5) is 5.69 Å². The predicted octanol–water partition coefficient (Wildman–Crippen LogP) is 3.39. The van der Waals surface area contributed by atoms with E-state index in [0.29, 0.717) is 18.3 Å². The molecule has 25 heavy (non-hydrogen) atoms. The molecule has 0 aliphatic carbocycles. The Kier molecular flexibility index (Phi) is 6.22. The van der Waals surface area contributed by atoms with Gasteiger partial charge in [0.25, 0.3) is 11.6 Å². The summed E-state index contributed by atoms with van der Waals surface area (Å²) in [6, 6.07) is 12.8. The van der Waals surface area contributed by atoms with Crippen molar-refractivity contribution in [3.05, 3.63) is 69.8 Å². The number of hydrogen-bond acceptors (Lipinski definition) is 5. The number of carbonyl (C=O) groups excluding carboxylic acids is 1. The lowest BCUT2D eigenvalue weighted by molar-refractivity contribution is -0.384. The maximum absolute atomic E-state index is 12.0. The molecule has 0 spiro atoms. The van der Waals surface area contributed by atoms with E-state index < -0.39 is 10.8 Å². The van der Waals surface area contributed by atoms with Gasteiger partial charge in [-0.15, -0.1) is 0 Å². The molecule has 0 fully saturated rings. The molecule has 0 unspecified atom stereocenters. The molecule has 0 bridgehead atoms. The zero-order valence-electron chi connectivity index (χ0n) is 14.0. The van der Waals surface area contributed by atoms with E-state index in [1.165, 1.54) is 30.5 Å². The molecule has 0 aliphatic rings. The molecule has 2 rings (SSSR count). The Morgan fingerprint density at radius 3 is 2.76 bits per heavy atom. The number of nitrogens with one attached hydrogen (secondary N) is 1. The van der Waals surface area contributed by atoms with E-state index in [-0.39, 0.29) is 11.3 Å². The molecule has 0 atom stereocenters. The van der Waals surface area contributed by atoms with E-state index in [4.69, 9.17) is 4.74 Å². The Hall–Kier alpha value is -3.22. The van der Waals surface area contributed by atoms with Crippen LogP contribution in [0.15, 0.2) is 53.6 Å². The Morgan fingerprint density at radius 1 is 1.28 bits per heavy atom. The number of benzene rings is 2. The van der Waals surface area contributed by atoms with Gasteiger partial charge in [-0.3, -0.25) is 14.9 Å². The lowest BCUT2D eigenvalue weighted by Gasteiger charge is -2.10. The molecular formula is C18H19N3O4. The number of nitro groups is 1. The third-order valence-electron chi connectivity index (χ3n) is 3.18. The van der Waals surface area contributed by atoms with E-state index >= 15 is 0 Å². The Bertz CT molecular complexity index is 787. The first-order valence-electron chi connectivity index (χ1n) is 7.77. The van der Waals surface area contributed by atoms with Gasteiger partial charge in [-0.2, -0.15) is 5.10 Å². The molecule has 0 aromatic heterocycles. The number of non-ortho nitro benzene ring substituents is 1. The molecule has 0 heterocycles. The van der Waals surface area contributed by atoms with Gasteiger partial charge in [0.2, 0.25) is 0 Å². The fourth-order valence-corrected chi connectivity index (χ4v) is 1.96. The molecular weight excluding hydrogens is 322 g/mol. The molecule has 2 aromatic carbocycles. The number of rotatable bonds is 7. The van der Waals surface area contributed by atoms with Gasteiger partial charge in [-0.1, -0.05) is 32.0 Å². The summed E-state index contributed by atoms with van der Waals surface area (Å²) in [5.74, 6) is 0.531. The lowest BCUT2D eigenvalue weighted by Crippen LogP contribution is -2.17. The van der Waals surface area contributed by atoms with Crippen molar-refractivity contribution in [3.8, 4) is 5.75 Å². The van der Waals surface area contributed by atoms with Crippen molar-refractivity contribution in [2.75, 3.05) is 6.61 Å². The number of ether oxygens (including phenoxy) is 1. The van der Waals surface area contributed by atoms with Gasteiger partial charge < -0.3 is 4.74 Å². The molecule has 0 radical (unpaired) electrons. The SMILES string of the molecule is CC(C)COc1ccccc1/C=N/NC(=O)c1cccc([N+](=O)[O-])c1. The third-order valence-corrected chi connectivity index (χ3v) is 3.18. The smallest absolute Gasteiger partial charge is 0.271 e. The van der Waals surface area contributed by atoms with E-state index in [1.807, 2.05) is 24.3 Å². The van der Waals surface area contributed by atoms with Crippen molar-refractivity contribution in [2.45, 2.75) is 13.8 Å². The minimum atomic E-state index is -0.553. The van der Waals surface area contributed by atoms with Crippen LogP contribution in [-0.4, -0.2) is 23.7 Å². The van der Waals surface area contributed by atoms with Crippen LogP contribution in [-0.2, 0) is 0 Å². The van der Waals surface area contributed by atoms with Crippen molar-refractivity contribution in [2.24, 2.45) is 11.0 Å². The molecule has 0 saturated carbocycles. The highest BCUT2D eigenvalue weighted by Gasteiger charge is 2.10. The number of hydrogen-bond donors (Lipinski definition) is 1. The van der Waals surface area contributed by atoms with Crippen molar-refractivity contribution < 1.29 is 14.5 Å². The van der Waals surface area contributed by atoms with Crippen LogP contribution in [0.25, 0.3) is 0 Å². The van der Waals surface area contributed by atoms with Gasteiger partial charge in [-0.05, 0) is 24.1 Å². The van der Waals surface area contributed by atoms with Crippen molar-refractivity contribution in [3.63, 3.8) is 0 Å². The summed E-state index contributed by atoms with van der Waals surface area (Å²) in [4.78, 5) is 22.2. The molecule has 130 valence electrons. The molecule has 1 N–H and O–H groups in total. The molecule has 7 nitrogen and oxygen atoms in total. The van der Waals surface area contributed by atoms with E-state index in [9.17, 15) is 14.9 Å². The van der Waals surface area contributed by atoms with Crippen molar-refractivity contribution in [1.82, 2.24) is 5.43 Å². The molecule has 7 heteroatoms. The molecule has 0 aliphatic heterocycles. The number of para-hydroxylation sites is 1. The van der Waals surface area contributed by atoms with Crippen LogP contribution in [0.5, 0.6) is 5.75 Å². The molecule has 2 aromatic rings. The van der Waals surface area contributed by atoms with Crippen LogP contribution in [0, 0.1) is 16.0 Å². The van der Waals surface area contributed by atoms with Crippen LogP contribution in [0.3, 0.4) is 0 Å². The van der Waals surface area contributed by atoms with Gasteiger partial charge in [0.1, 0.15) is 5.75 Å².